The first kappa shape index (κ1) is 23.4. The van der Waals surface area contributed by atoms with Crippen LogP contribution in [0.1, 0.15) is 32.6 Å². The van der Waals surface area contributed by atoms with Gasteiger partial charge >= 0.3 is 18.0 Å². The largest absolute Gasteiger partial charge is 0.480 e. The van der Waals surface area contributed by atoms with Crippen molar-refractivity contribution in [1.82, 2.24) is 10.6 Å². The summed E-state index contributed by atoms with van der Waals surface area (Å²) in [5.74, 6) is -1.93. The molecule has 0 fully saturated rings. The zero-order valence-corrected chi connectivity index (χ0v) is 13.3. The number of primary amides is 1. The third kappa shape index (κ3) is 16.3. The number of amides is 2. The molecule has 0 saturated carbocycles. The molecule has 9 N–H and O–H groups in total. The van der Waals surface area contributed by atoms with E-state index in [0.29, 0.717) is 25.9 Å². The van der Waals surface area contributed by atoms with Crippen molar-refractivity contribution in [3.05, 3.63) is 0 Å². The fourth-order valence-electron chi connectivity index (χ4n) is 1.42. The summed E-state index contributed by atoms with van der Waals surface area (Å²) in [6.45, 7) is 2.91. The second-order valence-electron chi connectivity index (χ2n) is 4.74. The number of carbonyl (C=O) groups excluding carboxylic acids is 1. The molecule has 23 heavy (non-hydrogen) atoms. The molecule has 0 aromatic heterocycles. The quantitative estimate of drug-likeness (QED) is 0.226. The fraction of sp³-hybridized carbons (Fsp3) is 0.769. The van der Waals surface area contributed by atoms with Crippen molar-refractivity contribution >= 4 is 18.0 Å². The molecule has 0 aliphatic heterocycles. The second-order valence-corrected chi connectivity index (χ2v) is 4.74. The van der Waals surface area contributed by atoms with Gasteiger partial charge in [0.25, 0.3) is 0 Å². The number of aliphatic hydroxyl groups excluding tert-OH is 1. The summed E-state index contributed by atoms with van der Waals surface area (Å²) < 4.78 is 0. The minimum absolute atomic E-state index is 0.0896. The predicted octanol–water partition coefficient (Wildman–Crippen LogP) is -1.33. The number of aliphatic hydroxyl groups is 1. The van der Waals surface area contributed by atoms with Crippen LogP contribution >= 0.6 is 0 Å². The molecule has 0 aliphatic rings. The van der Waals surface area contributed by atoms with Crippen LogP contribution in [0, 0.1) is 0 Å². The summed E-state index contributed by atoms with van der Waals surface area (Å²) in [5, 5.41) is 30.5. The number of carbonyl (C=O) groups is 3. The Morgan fingerprint density at radius 1 is 1.09 bits per heavy atom. The van der Waals surface area contributed by atoms with Gasteiger partial charge in [0.15, 0.2) is 0 Å². The van der Waals surface area contributed by atoms with E-state index in [1.807, 2.05) is 6.92 Å². The number of nitrogens with one attached hydrogen (secondary N) is 2. The normalized spacial score (nSPS) is 12.5. The monoisotopic (exact) mass is 336 g/mol. The van der Waals surface area contributed by atoms with Crippen molar-refractivity contribution in [2.45, 2.75) is 44.7 Å². The molecule has 10 nitrogen and oxygen atoms in total. The summed E-state index contributed by atoms with van der Waals surface area (Å²) in [5.41, 5.74) is 9.96. The van der Waals surface area contributed by atoms with E-state index in [4.69, 9.17) is 26.8 Å². The number of carboxylic acids is 2. The second kappa shape index (κ2) is 15.0. The number of hydrogen-bond acceptors (Lipinski definition) is 6. The molecular weight excluding hydrogens is 308 g/mol. The highest BCUT2D eigenvalue weighted by atomic mass is 16.4. The summed E-state index contributed by atoms with van der Waals surface area (Å²) in [4.78, 5) is 30.8. The minimum Gasteiger partial charge on any atom is -0.480 e. The van der Waals surface area contributed by atoms with Gasteiger partial charge in [0.2, 0.25) is 0 Å². The predicted molar refractivity (Wildman–Crippen MR) is 83.9 cm³/mol. The third-order valence-corrected chi connectivity index (χ3v) is 2.66. The zero-order chi connectivity index (χ0) is 18.3. The van der Waals surface area contributed by atoms with Gasteiger partial charge in [-0.1, -0.05) is 6.92 Å². The Kier molecular flexibility index (Phi) is 15.2. The van der Waals surface area contributed by atoms with E-state index in [0.717, 1.165) is 6.42 Å². The number of rotatable bonds is 11. The van der Waals surface area contributed by atoms with Crippen molar-refractivity contribution in [1.29, 1.82) is 0 Å². The van der Waals surface area contributed by atoms with Gasteiger partial charge in [-0.25, -0.2) is 4.79 Å². The highest BCUT2D eigenvalue weighted by molar-refractivity contribution is 5.73. The number of urea groups is 1. The summed E-state index contributed by atoms with van der Waals surface area (Å²) in [6.07, 6.45) is 2.01. The van der Waals surface area contributed by atoms with Gasteiger partial charge in [-0.3, -0.25) is 9.59 Å². The SMILES string of the molecule is CCCNC(CCO)C(=O)O.NC(=O)NCCCC(N)C(=O)O. The van der Waals surface area contributed by atoms with Crippen LogP contribution in [0.2, 0.25) is 0 Å². The molecule has 2 atom stereocenters. The van der Waals surface area contributed by atoms with Crippen molar-refractivity contribution in [2.75, 3.05) is 19.7 Å². The van der Waals surface area contributed by atoms with E-state index in [9.17, 15) is 14.4 Å². The Morgan fingerprint density at radius 2 is 1.70 bits per heavy atom. The van der Waals surface area contributed by atoms with Gasteiger partial charge in [-0.2, -0.15) is 0 Å². The van der Waals surface area contributed by atoms with Crippen LogP contribution in [0.15, 0.2) is 0 Å². The maximum absolute atomic E-state index is 10.4. The van der Waals surface area contributed by atoms with E-state index >= 15 is 0 Å². The molecule has 0 saturated heterocycles. The average molecular weight is 336 g/mol. The Hall–Kier alpha value is -1.91. The van der Waals surface area contributed by atoms with Gasteiger partial charge in [0.05, 0.1) is 0 Å². The van der Waals surface area contributed by atoms with Gasteiger partial charge < -0.3 is 37.4 Å². The van der Waals surface area contributed by atoms with Crippen LogP contribution in [-0.2, 0) is 9.59 Å². The minimum atomic E-state index is -1.03. The molecule has 10 heteroatoms. The molecule has 0 heterocycles. The molecule has 136 valence electrons. The van der Waals surface area contributed by atoms with Crippen LogP contribution in [0.4, 0.5) is 4.79 Å². The Labute approximate surface area is 135 Å². The van der Waals surface area contributed by atoms with Gasteiger partial charge in [0, 0.05) is 13.2 Å². The van der Waals surface area contributed by atoms with Crippen LogP contribution in [-0.4, -0.2) is 65.1 Å². The standard InChI is InChI=1S/C7H15NO3.C6H13N3O3/c1-2-4-8-6(3-5-9)7(10)11;7-4(5(10)11)2-1-3-9-6(8)12/h6,8-9H,2-5H2,1H3,(H,10,11);4H,1-3,7H2,(H,10,11)(H3,8,9,12). The van der Waals surface area contributed by atoms with Crippen LogP contribution in [0.25, 0.3) is 0 Å². The first-order chi connectivity index (χ1) is 10.8. The Morgan fingerprint density at radius 3 is 2.09 bits per heavy atom. The first-order valence-corrected chi connectivity index (χ1v) is 7.34. The molecule has 0 aromatic rings. The fourth-order valence-corrected chi connectivity index (χ4v) is 1.42. The van der Waals surface area contributed by atoms with E-state index in [2.05, 4.69) is 10.6 Å². The molecule has 0 spiro atoms. The maximum Gasteiger partial charge on any atom is 0.320 e. The van der Waals surface area contributed by atoms with E-state index in [-0.39, 0.29) is 13.0 Å². The lowest BCUT2D eigenvalue weighted by Gasteiger charge is -2.11. The smallest absolute Gasteiger partial charge is 0.320 e. The number of hydrogen-bond donors (Lipinski definition) is 7. The highest BCUT2D eigenvalue weighted by Gasteiger charge is 2.14. The number of carboxylic acid groups (broad SMARTS) is 2. The molecule has 0 aliphatic carbocycles. The van der Waals surface area contributed by atoms with Gasteiger partial charge in [-0.15, -0.1) is 0 Å². The lowest BCUT2D eigenvalue weighted by atomic mass is 10.2. The Bertz CT molecular complexity index is 353. The van der Waals surface area contributed by atoms with E-state index in [1.165, 1.54) is 0 Å². The van der Waals surface area contributed by atoms with Crippen LogP contribution in [0.3, 0.4) is 0 Å². The molecule has 0 radical (unpaired) electrons. The van der Waals surface area contributed by atoms with Crippen LogP contribution < -0.4 is 22.1 Å². The lowest BCUT2D eigenvalue weighted by molar-refractivity contribution is -0.140. The lowest BCUT2D eigenvalue weighted by Crippen LogP contribution is -2.37. The zero-order valence-electron chi connectivity index (χ0n) is 13.3. The summed E-state index contributed by atoms with van der Waals surface area (Å²) in [6, 6.07) is -2.07. The third-order valence-electron chi connectivity index (χ3n) is 2.66. The molecule has 2 unspecified atom stereocenters. The van der Waals surface area contributed by atoms with Crippen molar-refractivity contribution in [3.63, 3.8) is 0 Å². The summed E-state index contributed by atoms with van der Waals surface area (Å²) in [7, 11) is 0. The Balaban J connectivity index is 0. The topological polar surface area (TPSA) is 188 Å². The van der Waals surface area contributed by atoms with Crippen LogP contribution in [0.5, 0.6) is 0 Å². The molecule has 2 amide bonds. The van der Waals surface area contributed by atoms with Gasteiger partial charge in [0.1, 0.15) is 12.1 Å². The van der Waals surface area contributed by atoms with E-state index < -0.39 is 30.1 Å². The van der Waals surface area contributed by atoms with E-state index in [1.54, 1.807) is 0 Å². The average Bonchev–Trinajstić information content (AvgIpc) is 2.47. The molecule has 0 bridgehead atoms. The van der Waals surface area contributed by atoms with Gasteiger partial charge in [-0.05, 0) is 32.2 Å². The number of nitrogens with two attached hydrogens (primary N) is 2. The molecule has 0 rings (SSSR count). The maximum atomic E-state index is 10.4. The first-order valence-electron chi connectivity index (χ1n) is 7.34. The highest BCUT2D eigenvalue weighted by Crippen LogP contribution is 1.92. The molecular formula is C13H28N4O6. The summed E-state index contributed by atoms with van der Waals surface area (Å²) >= 11 is 0. The molecule has 0 aromatic carbocycles. The van der Waals surface area contributed by atoms with Crippen molar-refractivity contribution in [2.24, 2.45) is 11.5 Å². The van der Waals surface area contributed by atoms with Crippen molar-refractivity contribution in [3.8, 4) is 0 Å². The van der Waals surface area contributed by atoms with Crippen molar-refractivity contribution < 1.29 is 29.7 Å². The number of aliphatic carboxylic acids is 2.